The molecule has 4 heterocycles. The van der Waals surface area contributed by atoms with Crippen LogP contribution in [-0.4, -0.2) is 49.8 Å². The summed E-state index contributed by atoms with van der Waals surface area (Å²) in [7, 11) is 0. The molecule has 1 aliphatic carbocycles. The number of piperidine rings is 1. The molecule has 37 heavy (non-hydrogen) atoms. The molecule has 0 radical (unpaired) electrons. The molecule has 5 rings (SSSR count). The number of pyridine rings is 1. The van der Waals surface area contributed by atoms with Gasteiger partial charge >= 0.3 is 0 Å². The Hall–Kier alpha value is -2.80. The fourth-order valence-corrected chi connectivity index (χ4v) is 6.32. The number of rotatable bonds is 10. The number of hydrogen-bond donors (Lipinski definition) is 1. The van der Waals surface area contributed by atoms with E-state index in [1.165, 1.54) is 31.2 Å². The summed E-state index contributed by atoms with van der Waals surface area (Å²) in [5, 5.41) is 4.34. The van der Waals surface area contributed by atoms with Gasteiger partial charge in [-0.25, -0.2) is 15.0 Å². The van der Waals surface area contributed by atoms with Gasteiger partial charge in [-0.1, -0.05) is 40.0 Å². The van der Waals surface area contributed by atoms with E-state index in [1.54, 1.807) is 0 Å². The number of hydrogen-bond acceptors (Lipinski definition) is 6. The van der Waals surface area contributed by atoms with Gasteiger partial charge in [0.15, 0.2) is 5.78 Å². The van der Waals surface area contributed by atoms with E-state index in [-0.39, 0.29) is 11.7 Å². The number of nitrogens with one attached hydrogen (secondary N) is 1. The number of Topliss-reactive ketones (excluding diaryl/α,β-unsaturated/α-hetero) is 1. The van der Waals surface area contributed by atoms with Crippen LogP contribution in [0.25, 0.3) is 10.9 Å². The minimum absolute atomic E-state index is 0.0844. The average Bonchev–Trinajstić information content (AvgIpc) is 3.59. The summed E-state index contributed by atoms with van der Waals surface area (Å²) in [6.07, 6.45) is 15.7. The van der Waals surface area contributed by atoms with Crippen molar-refractivity contribution in [1.82, 2.24) is 24.4 Å². The Kier molecular flexibility index (Phi) is 8.18. The first kappa shape index (κ1) is 25.8. The van der Waals surface area contributed by atoms with Gasteiger partial charge < -0.3 is 14.8 Å². The van der Waals surface area contributed by atoms with Crippen LogP contribution in [0.15, 0.2) is 30.7 Å². The Morgan fingerprint density at radius 2 is 1.73 bits per heavy atom. The monoisotopic (exact) mass is 502 g/mol. The fourth-order valence-electron chi connectivity index (χ4n) is 6.32. The fraction of sp³-hybridized carbons (Fsp3) is 0.600. The zero-order chi connectivity index (χ0) is 25.8. The maximum absolute atomic E-state index is 13.6. The number of nitrogens with zero attached hydrogens (tertiary/aromatic N) is 5. The van der Waals surface area contributed by atoms with Crippen LogP contribution in [0.2, 0.25) is 0 Å². The van der Waals surface area contributed by atoms with E-state index in [9.17, 15) is 4.79 Å². The van der Waals surface area contributed by atoms with Gasteiger partial charge in [0.1, 0.15) is 5.82 Å². The third-order valence-electron chi connectivity index (χ3n) is 8.58. The van der Waals surface area contributed by atoms with Crippen LogP contribution in [0, 0.1) is 5.92 Å². The van der Waals surface area contributed by atoms with Crippen molar-refractivity contribution in [3.63, 3.8) is 0 Å². The summed E-state index contributed by atoms with van der Waals surface area (Å²) in [5.41, 5.74) is 3.16. The molecule has 7 nitrogen and oxygen atoms in total. The highest BCUT2D eigenvalue weighted by Crippen LogP contribution is 2.37. The molecule has 0 spiro atoms. The first-order chi connectivity index (χ1) is 18.1. The highest BCUT2D eigenvalue weighted by atomic mass is 16.1. The maximum Gasteiger partial charge on any atom is 0.228 e. The molecule has 1 atom stereocenters. The average molecular weight is 503 g/mol. The van der Waals surface area contributed by atoms with Gasteiger partial charge in [-0.15, -0.1) is 0 Å². The van der Waals surface area contributed by atoms with Crippen molar-refractivity contribution < 1.29 is 4.79 Å². The van der Waals surface area contributed by atoms with E-state index in [4.69, 9.17) is 0 Å². The number of anilines is 2. The lowest BCUT2D eigenvalue weighted by atomic mass is 9.91. The molecule has 2 fully saturated rings. The molecule has 3 aromatic rings. The lowest BCUT2D eigenvalue weighted by molar-refractivity contribution is 0.0898. The Morgan fingerprint density at radius 3 is 2.38 bits per heavy atom. The smallest absolute Gasteiger partial charge is 0.228 e. The summed E-state index contributed by atoms with van der Waals surface area (Å²) < 4.78 is 2.32. The van der Waals surface area contributed by atoms with Gasteiger partial charge in [0.05, 0.1) is 11.2 Å². The Labute approximate surface area is 221 Å². The SMILES string of the molecule is CCCC(CC)C(=O)c1cc2cnc(Nc3ncc(C4CCN(CC)CC4)cn3)cc2n1C1CCCC1. The van der Waals surface area contributed by atoms with Crippen LogP contribution in [0.4, 0.5) is 11.8 Å². The third kappa shape index (κ3) is 5.57. The number of carbonyl (C=O) groups excluding carboxylic acids is 1. The molecule has 1 saturated carbocycles. The van der Waals surface area contributed by atoms with Crippen LogP contribution in [0.1, 0.15) is 107 Å². The molecular formula is C30H42N6O. The first-order valence-corrected chi connectivity index (χ1v) is 14.5. The van der Waals surface area contributed by atoms with Gasteiger partial charge in [-0.3, -0.25) is 4.79 Å². The topological polar surface area (TPSA) is 75.9 Å². The van der Waals surface area contributed by atoms with Gasteiger partial charge in [0.25, 0.3) is 0 Å². The number of aromatic nitrogens is 4. The van der Waals surface area contributed by atoms with Crippen molar-refractivity contribution in [3.8, 4) is 0 Å². The normalized spacial score (nSPS) is 18.5. The number of ketones is 1. The quantitative estimate of drug-likeness (QED) is 0.304. The van der Waals surface area contributed by atoms with Crippen molar-refractivity contribution in [1.29, 1.82) is 0 Å². The molecule has 1 aliphatic heterocycles. The Bertz CT molecular complexity index is 1190. The molecule has 3 aromatic heterocycles. The zero-order valence-electron chi connectivity index (χ0n) is 22.7. The van der Waals surface area contributed by atoms with Crippen molar-refractivity contribution in [2.75, 3.05) is 25.0 Å². The highest BCUT2D eigenvalue weighted by Gasteiger charge is 2.28. The summed E-state index contributed by atoms with van der Waals surface area (Å²) >= 11 is 0. The van der Waals surface area contributed by atoms with Gasteiger partial charge in [0, 0.05) is 42.0 Å². The summed E-state index contributed by atoms with van der Waals surface area (Å²) in [4.78, 5) is 30.0. The predicted octanol–water partition coefficient (Wildman–Crippen LogP) is 6.89. The third-order valence-corrected chi connectivity index (χ3v) is 8.58. The molecule has 1 unspecified atom stereocenters. The molecule has 198 valence electrons. The molecule has 2 aliphatic rings. The Morgan fingerprint density at radius 1 is 1.00 bits per heavy atom. The molecule has 0 bridgehead atoms. The molecule has 1 saturated heterocycles. The first-order valence-electron chi connectivity index (χ1n) is 14.5. The minimum Gasteiger partial charge on any atom is -0.335 e. The second-order valence-electron chi connectivity index (χ2n) is 10.9. The van der Waals surface area contributed by atoms with Crippen LogP contribution >= 0.6 is 0 Å². The highest BCUT2D eigenvalue weighted by molar-refractivity contribution is 6.01. The second kappa shape index (κ2) is 11.7. The molecule has 1 N–H and O–H groups in total. The number of carbonyl (C=O) groups is 1. The summed E-state index contributed by atoms with van der Waals surface area (Å²) in [5.74, 6) is 2.18. The van der Waals surface area contributed by atoms with Crippen LogP contribution in [0.5, 0.6) is 0 Å². The van der Waals surface area contributed by atoms with Crippen LogP contribution in [-0.2, 0) is 0 Å². The number of fused-ring (bicyclic) bond motifs is 1. The minimum atomic E-state index is 0.0844. The van der Waals surface area contributed by atoms with E-state index in [0.717, 1.165) is 68.3 Å². The molecule has 0 aromatic carbocycles. The zero-order valence-corrected chi connectivity index (χ0v) is 22.7. The molecule has 7 heteroatoms. The lowest BCUT2D eigenvalue weighted by Crippen LogP contribution is -2.32. The van der Waals surface area contributed by atoms with Gasteiger partial charge in [-0.2, -0.15) is 0 Å². The van der Waals surface area contributed by atoms with Gasteiger partial charge in [0.2, 0.25) is 5.95 Å². The Balaban J connectivity index is 1.39. The van der Waals surface area contributed by atoms with Gasteiger partial charge in [-0.05, 0) is 75.7 Å². The van der Waals surface area contributed by atoms with Crippen molar-refractivity contribution in [3.05, 3.63) is 42.0 Å². The predicted molar refractivity (Wildman–Crippen MR) is 150 cm³/mol. The summed E-state index contributed by atoms with van der Waals surface area (Å²) in [6.45, 7) is 9.94. The second-order valence-corrected chi connectivity index (χ2v) is 10.9. The van der Waals surface area contributed by atoms with Crippen LogP contribution in [0.3, 0.4) is 0 Å². The van der Waals surface area contributed by atoms with Crippen LogP contribution < -0.4 is 5.32 Å². The van der Waals surface area contributed by atoms with E-state index >= 15 is 0 Å². The number of likely N-dealkylation sites (tertiary alicyclic amines) is 1. The van der Waals surface area contributed by atoms with Crippen molar-refractivity contribution in [2.24, 2.45) is 5.92 Å². The maximum atomic E-state index is 13.6. The largest absolute Gasteiger partial charge is 0.335 e. The van der Waals surface area contributed by atoms with Crippen molar-refractivity contribution in [2.45, 2.75) is 90.5 Å². The standard InChI is InChI=1S/C30H42N6O/c1-4-9-21(5-2)29(37)27-16-23-18-31-28(17-26(23)36(27)25-10-7-8-11-25)34-30-32-19-24(20-33-30)22-12-14-35(6-3)15-13-22/h16-22,25H,4-15H2,1-3H3,(H,31,32,33,34). The van der Waals surface area contributed by atoms with Crippen molar-refractivity contribution >= 4 is 28.5 Å². The lowest BCUT2D eigenvalue weighted by Gasteiger charge is -2.30. The van der Waals surface area contributed by atoms with E-state index in [0.29, 0.717) is 23.7 Å². The summed E-state index contributed by atoms with van der Waals surface area (Å²) in [6, 6.07) is 4.52. The van der Waals surface area contributed by atoms with E-state index < -0.39 is 0 Å². The molecular weight excluding hydrogens is 460 g/mol. The molecule has 0 amide bonds. The van der Waals surface area contributed by atoms with E-state index in [1.807, 2.05) is 18.6 Å². The van der Waals surface area contributed by atoms with E-state index in [2.05, 4.69) is 62.6 Å².